The lowest BCUT2D eigenvalue weighted by atomic mass is 9.91. The first kappa shape index (κ1) is 18.8. The molecule has 0 fully saturated rings. The van der Waals surface area contributed by atoms with E-state index in [9.17, 15) is 5.11 Å². The summed E-state index contributed by atoms with van der Waals surface area (Å²) in [7, 11) is 4.73. The molecule has 1 N–H and O–H groups in total. The molecule has 4 heteroatoms. The van der Waals surface area contributed by atoms with Crippen LogP contribution < -0.4 is 14.2 Å². The molecule has 140 valence electrons. The molecular formula is C23H24O4. The van der Waals surface area contributed by atoms with Crippen molar-refractivity contribution in [3.05, 3.63) is 77.4 Å². The standard InChI is InChI=1S/C23H24O4/c1-15-10-12-17(13-11-15)21(24)18-14-19(25-2)22(26-3)23(27-4)20(18)16-8-6-5-7-9-16/h5-14,21,24H,1-4H3. The fourth-order valence-electron chi connectivity index (χ4n) is 3.22. The van der Waals surface area contributed by atoms with Crippen LogP contribution in [0.25, 0.3) is 11.1 Å². The topological polar surface area (TPSA) is 47.9 Å². The fraction of sp³-hybridized carbons (Fsp3) is 0.217. The van der Waals surface area contributed by atoms with Gasteiger partial charge < -0.3 is 19.3 Å². The molecule has 3 aromatic rings. The maximum atomic E-state index is 11.2. The predicted molar refractivity (Wildman–Crippen MR) is 107 cm³/mol. The Morgan fingerprint density at radius 1 is 0.778 bits per heavy atom. The van der Waals surface area contributed by atoms with Gasteiger partial charge in [0, 0.05) is 11.1 Å². The lowest BCUT2D eigenvalue weighted by molar-refractivity contribution is 0.219. The summed E-state index contributed by atoms with van der Waals surface area (Å²) >= 11 is 0. The Bertz CT molecular complexity index is 902. The summed E-state index contributed by atoms with van der Waals surface area (Å²) < 4.78 is 16.7. The van der Waals surface area contributed by atoms with Gasteiger partial charge in [-0.25, -0.2) is 0 Å². The van der Waals surface area contributed by atoms with Crippen LogP contribution in [0.2, 0.25) is 0 Å². The second-order valence-electron chi connectivity index (χ2n) is 6.29. The summed E-state index contributed by atoms with van der Waals surface area (Å²) in [4.78, 5) is 0. The Kier molecular flexibility index (Phi) is 5.67. The smallest absolute Gasteiger partial charge is 0.203 e. The van der Waals surface area contributed by atoms with Crippen molar-refractivity contribution in [3.8, 4) is 28.4 Å². The van der Waals surface area contributed by atoms with Crippen LogP contribution in [-0.4, -0.2) is 26.4 Å². The molecule has 0 saturated heterocycles. The van der Waals surface area contributed by atoms with Crippen LogP contribution in [0.5, 0.6) is 17.2 Å². The molecular weight excluding hydrogens is 340 g/mol. The maximum Gasteiger partial charge on any atom is 0.203 e. The quantitative estimate of drug-likeness (QED) is 0.684. The van der Waals surface area contributed by atoms with E-state index in [1.165, 1.54) is 0 Å². The summed E-state index contributed by atoms with van der Waals surface area (Å²) in [6.07, 6.45) is -0.838. The van der Waals surface area contributed by atoms with E-state index < -0.39 is 6.10 Å². The summed E-state index contributed by atoms with van der Waals surface area (Å²) in [6.45, 7) is 2.02. The molecule has 0 aliphatic rings. The molecule has 0 heterocycles. The number of rotatable bonds is 6. The number of methoxy groups -OCH3 is 3. The number of aliphatic hydroxyl groups excluding tert-OH is 1. The van der Waals surface area contributed by atoms with Gasteiger partial charge in [0.25, 0.3) is 0 Å². The zero-order valence-electron chi connectivity index (χ0n) is 16.0. The van der Waals surface area contributed by atoms with Gasteiger partial charge in [-0.3, -0.25) is 0 Å². The van der Waals surface area contributed by atoms with Crippen LogP contribution in [0.3, 0.4) is 0 Å². The fourth-order valence-corrected chi connectivity index (χ4v) is 3.22. The van der Waals surface area contributed by atoms with Crippen molar-refractivity contribution >= 4 is 0 Å². The lowest BCUT2D eigenvalue weighted by Crippen LogP contribution is -2.06. The van der Waals surface area contributed by atoms with Crippen molar-refractivity contribution in [2.45, 2.75) is 13.0 Å². The van der Waals surface area contributed by atoms with Gasteiger partial charge in [0.15, 0.2) is 11.5 Å². The molecule has 0 saturated carbocycles. The van der Waals surface area contributed by atoms with E-state index in [2.05, 4.69) is 0 Å². The Morgan fingerprint density at radius 2 is 1.41 bits per heavy atom. The minimum Gasteiger partial charge on any atom is -0.493 e. The third-order valence-corrected chi connectivity index (χ3v) is 4.61. The molecule has 0 bridgehead atoms. The highest BCUT2D eigenvalue weighted by atomic mass is 16.5. The second-order valence-corrected chi connectivity index (χ2v) is 6.29. The molecule has 0 amide bonds. The first-order valence-corrected chi connectivity index (χ1v) is 8.73. The van der Waals surface area contributed by atoms with Crippen LogP contribution in [0.15, 0.2) is 60.7 Å². The van der Waals surface area contributed by atoms with E-state index in [1.54, 1.807) is 21.3 Å². The number of aryl methyl sites for hydroxylation is 1. The number of benzene rings is 3. The van der Waals surface area contributed by atoms with Gasteiger partial charge in [-0.1, -0.05) is 60.2 Å². The zero-order chi connectivity index (χ0) is 19.4. The third kappa shape index (κ3) is 3.62. The molecule has 0 aromatic heterocycles. The normalized spacial score (nSPS) is 11.7. The van der Waals surface area contributed by atoms with Crippen molar-refractivity contribution in [2.75, 3.05) is 21.3 Å². The molecule has 0 aliphatic carbocycles. The number of hydrogen-bond acceptors (Lipinski definition) is 4. The van der Waals surface area contributed by atoms with E-state index in [0.29, 0.717) is 22.8 Å². The maximum absolute atomic E-state index is 11.2. The van der Waals surface area contributed by atoms with Crippen molar-refractivity contribution in [1.82, 2.24) is 0 Å². The molecule has 1 unspecified atom stereocenters. The molecule has 0 aliphatic heterocycles. The van der Waals surface area contributed by atoms with E-state index >= 15 is 0 Å². The zero-order valence-corrected chi connectivity index (χ0v) is 16.0. The van der Waals surface area contributed by atoms with Crippen molar-refractivity contribution in [1.29, 1.82) is 0 Å². The van der Waals surface area contributed by atoms with Crippen LogP contribution in [0.1, 0.15) is 22.8 Å². The van der Waals surface area contributed by atoms with Crippen molar-refractivity contribution < 1.29 is 19.3 Å². The third-order valence-electron chi connectivity index (χ3n) is 4.61. The first-order valence-electron chi connectivity index (χ1n) is 8.73. The van der Waals surface area contributed by atoms with Gasteiger partial charge in [0.05, 0.1) is 21.3 Å². The summed E-state index contributed by atoms with van der Waals surface area (Å²) in [6, 6.07) is 19.5. The largest absolute Gasteiger partial charge is 0.493 e. The highest BCUT2D eigenvalue weighted by Crippen LogP contribution is 2.49. The summed E-state index contributed by atoms with van der Waals surface area (Å²) in [5, 5.41) is 11.2. The van der Waals surface area contributed by atoms with Gasteiger partial charge >= 0.3 is 0 Å². The molecule has 1 atom stereocenters. The van der Waals surface area contributed by atoms with Gasteiger partial charge in [-0.05, 0) is 24.1 Å². The first-order chi connectivity index (χ1) is 13.1. The van der Waals surface area contributed by atoms with Crippen molar-refractivity contribution in [3.63, 3.8) is 0 Å². The average Bonchev–Trinajstić information content (AvgIpc) is 2.72. The summed E-state index contributed by atoms with van der Waals surface area (Å²) in [5.74, 6) is 1.54. The average molecular weight is 364 g/mol. The monoisotopic (exact) mass is 364 g/mol. The molecule has 3 rings (SSSR count). The van der Waals surface area contributed by atoms with Crippen LogP contribution in [0.4, 0.5) is 0 Å². The minimum atomic E-state index is -0.838. The molecule has 4 nitrogen and oxygen atoms in total. The van der Waals surface area contributed by atoms with Gasteiger partial charge in [0.2, 0.25) is 5.75 Å². The highest BCUT2D eigenvalue weighted by Gasteiger charge is 2.26. The van der Waals surface area contributed by atoms with Crippen LogP contribution >= 0.6 is 0 Å². The Labute approximate surface area is 160 Å². The SMILES string of the molecule is COc1cc(C(O)c2ccc(C)cc2)c(-c2ccccc2)c(OC)c1OC. The summed E-state index contributed by atoms with van der Waals surface area (Å²) in [5.41, 5.74) is 4.34. The highest BCUT2D eigenvalue weighted by molar-refractivity contribution is 5.80. The molecule has 27 heavy (non-hydrogen) atoms. The van der Waals surface area contributed by atoms with E-state index in [1.807, 2.05) is 67.6 Å². The Morgan fingerprint density at radius 3 is 1.96 bits per heavy atom. The number of ether oxygens (including phenoxy) is 3. The van der Waals surface area contributed by atoms with Crippen LogP contribution in [-0.2, 0) is 0 Å². The predicted octanol–water partition coefficient (Wildman–Crippen LogP) is 4.77. The number of hydrogen-bond donors (Lipinski definition) is 1. The van der Waals surface area contributed by atoms with Gasteiger partial charge in [-0.15, -0.1) is 0 Å². The van der Waals surface area contributed by atoms with E-state index in [4.69, 9.17) is 14.2 Å². The molecule has 3 aromatic carbocycles. The van der Waals surface area contributed by atoms with Crippen LogP contribution in [0, 0.1) is 6.92 Å². The lowest BCUT2D eigenvalue weighted by Gasteiger charge is -2.23. The van der Waals surface area contributed by atoms with Crippen molar-refractivity contribution in [2.24, 2.45) is 0 Å². The van der Waals surface area contributed by atoms with Gasteiger partial charge in [-0.2, -0.15) is 0 Å². The van der Waals surface area contributed by atoms with Gasteiger partial charge in [0.1, 0.15) is 6.10 Å². The molecule has 0 radical (unpaired) electrons. The van der Waals surface area contributed by atoms with E-state index in [-0.39, 0.29) is 0 Å². The Balaban J connectivity index is 2.29. The minimum absolute atomic E-state index is 0.499. The number of aliphatic hydroxyl groups is 1. The van der Waals surface area contributed by atoms with E-state index in [0.717, 1.165) is 22.3 Å². The Hall–Kier alpha value is -2.98. The molecule has 0 spiro atoms. The second kappa shape index (κ2) is 8.14.